The van der Waals surface area contributed by atoms with Crippen molar-refractivity contribution in [3.63, 3.8) is 0 Å². The highest BCUT2D eigenvalue weighted by molar-refractivity contribution is 6.31. The maximum atomic E-state index is 13.6. The summed E-state index contributed by atoms with van der Waals surface area (Å²) in [7, 11) is 1.32. The quantitative estimate of drug-likeness (QED) is 0.167. The van der Waals surface area contributed by atoms with Gasteiger partial charge in [0.05, 0.1) is 42.1 Å². The topological polar surface area (TPSA) is 301 Å². The number of ether oxygens (including phenoxy) is 3. The van der Waals surface area contributed by atoms with Crippen LogP contribution in [0.2, 0.25) is 0 Å². The number of phenols is 2. The third-order valence-corrected chi connectivity index (χ3v) is 7.81. The lowest BCUT2D eigenvalue weighted by molar-refractivity contribution is -0.247. The Morgan fingerprint density at radius 1 is 1.10 bits per heavy atom. The van der Waals surface area contributed by atoms with Crippen molar-refractivity contribution in [2.45, 2.75) is 62.4 Å². The molecule has 0 bridgehead atoms. The van der Waals surface area contributed by atoms with Crippen LogP contribution >= 0.6 is 0 Å². The normalized spacial score (nSPS) is 27.7. The molecule has 1 aliphatic heterocycles. The predicted octanol–water partition coefficient (Wildman–Crippen LogP) is -2.47. The van der Waals surface area contributed by atoms with E-state index in [-0.39, 0.29) is 50.9 Å². The fraction of sp³-hybridized carbons (Fsp3) is 0.444. The monoisotopic (exact) mass is 597 g/mol. The minimum Gasteiger partial charge on any atom is -0.507 e. The fourth-order valence-corrected chi connectivity index (χ4v) is 5.75. The van der Waals surface area contributed by atoms with E-state index in [1.54, 1.807) is 6.92 Å². The average Bonchev–Trinajstić information content (AvgIpc) is 2.90. The van der Waals surface area contributed by atoms with E-state index >= 15 is 0 Å². The first-order valence-corrected chi connectivity index (χ1v) is 12.4. The number of rotatable bonds is 5. The lowest BCUT2D eigenvalue weighted by Crippen LogP contribution is -2.53. The third-order valence-electron chi connectivity index (χ3n) is 7.81. The van der Waals surface area contributed by atoms with Crippen LogP contribution in [0, 0.1) is 0 Å². The molecule has 1 saturated heterocycles. The first-order chi connectivity index (χ1) is 18.4. The first kappa shape index (κ1) is 34.7. The summed E-state index contributed by atoms with van der Waals surface area (Å²) in [5.74, 6) is -3.77. The van der Waals surface area contributed by atoms with Gasteiger partial charge in [0, 0.05) is 42.0 Å². The SMILES string of the molecule is COc1cccc2c1C(=O)c1c(O)c3c(c(O)c1C2=O)CC(O)(C(=O)CO)CC3OC1CC(N)C(O)[C@H](C)O1.O.O.O. The highest BCUT2D eigenvalue weighted by Gasteiger charge is 2.50. The molecule has 0 saturated carbocycles. The van der Waals surface area contributed by atoms with Crippen molar-refractivity contribution in [3.8, 4) is 17.2 Å². The molecule has 42 heavy (non-hydrogen) atoms. The summed E-state index contributed by atoms with van der Waals surface area (Å²) in [6, 6.07) is 3.64. The van der Waals surface area contributed by atoms with E-state index in [0.717, 1.165) is 0 Å². The van der Waals surface area contributed by atoms with Gasteiger partial charge in [-0.25, -0.2) is 0 Å². The number of hydrogen-bond donors (Lipinski definition) is 6. The van der Waals surface area contributed by atoms with Crippen LogP contribution in [0.25, 0.3) is 0 Å². The molecule has 232 valence electrons. The molecule has 2 aromatic rings. The number of phenolic OH excluding ortho intramolecular Hbond substituents is 2. The van der Waals surface area contributed by atoms with Crippen LogP contribution < -0.4 is 10.5 Å². The van der Waals surface area contributed by atoms with Gasteiger partial charge in [-0.3, -0.25) is 14.4 Å². The van der Waals surface area contributed by atoms with Gasteiger partial charge in [0.2, 0.25) is 5.78 Å². The van der Waals surface area contributed by atoms with Crippen LogP contribution in [0.5, 0.6) is 17.2 Å². The Hall–Kier alpha value is -3.51. The molecule has 0 aromatic heterocycles. The van der Waals surface area contributed by atoms with Gasteiger partial charge in [-0.15, -0.1) is 0 Å². The van der Waals surface area contributed by atoms with E-state index < -0.39 is 95.7 Å². The number of carbonyl (C=O) groups excluding carboxylic acids is 3. The number of nitrogens with two attached hydrogens (primary N) is 1. The van der Waals surface area contributed by atoms with Crippen LogP contribution in [0.1, 0.15) is 68.8 Å². The molecule has 1 heterocycles. The zero-order chi connectivity index (χ0) is 28.4. The van der Waals surface area contributed by atoms with Gasteiger partial charge in [-0.1, -0.05) is 12.1 Å². The molecule has 1 fully saturated rings. The molecule has 0 spiro atoms. The zero-order valence-electron chi connectivity index (χ0n) is 22.7. The predicted molar refractivity (Wildman–Crippen MR) is 143 cm³/mol. The molecule has 15 heteroatoms. The van der Waals surface area contributed by atoms with Crippen LogP contribution in [0.3, 0.4) is 0 Å². The van der Waals surface area contributed by atoms with Gasteiger partial charge in [0.25, 0.3) is 0 Å². The summed E-state index contributed by atoms with van der Waals surface area (Å²) in [5.41, 5.74) is 2.37. The van der Waals surface area contributed by atoms with Gasteiger partial charge < -0.3 is 61.9 Å². The molecule has 6 atom stereocenters. The molecular weight excluding hydrogens is 562 g/mol. The van der Waals surface area contributed by atoms with Crippen molar-refractivity contribution in [2.24, 2.45) is 5.73 Å². The van der Waals surface area contributed by atoms with Crippen LogP contribution in [0.4, 0.5) is 0 Å². The molecule has 0 amide bonds. The highest BCUT2D eigenvalue weighted by Crippen LogP contribution is 2.52. The van der Waals surface area contributed by atoms with E-state index in [0.29, 0.717) is 0 Å². The Kier molecular flexibility index (Phi) is 10.2. The number of benzene rings is 2. The average molecular weight is 598 g/mol. The largest absolute Gasteiger partial charge is 0.507 e. The van der Waals surface area contributed by atoms with Crippen molar-refractivity contribution < 1.29 is 70.6 Å². The highest BCUT2D eigenvalue weighted by atomic mass is 16.7. The van der Waals surface area contributed by atoms with Crippen LogP contribution in [-0.2, 0) is 20.7 Å². The molecule has 15 nitrogen and oxygen atoms in total. The Bertz CT molecular complexity index is 1380. The Morgan fingerprint density at radius 3 is 2.33 bits per heavy atom. The fourth-order valence-electron chi connectivity index (χ4n) is 5.75. The molecule has 2 aromatic carbocycles. The maximum Gasteiger partial charge on any atom is 0.202 e. The number of carbonyl (C=O) groups is 3. The van der Waals surface area contributed by atoms with Crippen molar-refractivity contribution in [2.75, 3.05) is 13.7 Å². The van der Waals surface area contributed by atoms with Crippen molar-refractivity contribution in [1.82, 2.24) is 0 Å². The second kappa shape index (κ2) is 12.4. The van der Waals surface area contributed by atoms with Gasteiger partial charge in [-0.2, -0.15) is 0 Å². The van der Waals surface area contributed by atoms with Gasteiger partial charge in [0.1, 0.15) is 29.5 Å². The zero-order valence-corrected chi connectivity index (χ0v) is 22.7. The summed E-state index contributed by atoms with van der Waals surface area (Å²) >= 11 is 0. The summed E-state index contributed by atoms with van der Waals surface area (Å²) in [6.45, 7) is 0.560. The molecule has 5 rings (SSSR count). The van der Waals surface area contributed by atoms with Crippen LogP contribution in [0.15, 0.2) is 18.2 Å². The molecule has 5 unspecified atom stereocenters. The molecule has 2 aliphatic carbocycles. The second-order valence-electron chi connectivity index (χ2n) is 10.2. The summed E-state index contributed by atoms with van der Waals surface area (Å²) < 4.78 is 17.0. The minimum atomic E-state index is -2.24. The van der Waals surface area contributed by atoms with Crippen molar-refractivity contribution in [3.05, 3.63) is 51.6 Å². The Morgan fingerprint density at radius 2 is 1.74 bits per heavy atom. The first-order valence-electron chi connectivity index (χ1n) is 12.4. The van der Waals surface area contributed by atoms with Gasteiger partial charge in [-0.05, 0) is 13.0 Å². The smallest absolute Gasteiger partial charge is 0.202 e. The second-order valence-corrected chi connectivity index (χ2v) is 10.2. The van der Waals surface area contributed by atoms with Crippen molar-refractivity contribution in [1.29, 1.82) is 0 Å². The number of methoxy groups -OCH3 is 1. The van der Waals surface area contributed by atoms with Crippen molar-refractivity contribution >= 4 is 17.3 Å². The molecular formula is C27H35NO14. The van der Waals surface area contributed by atoms with Crippen LogP contribution in [-0.4, -0.2) is 103 Å². The standard InChI is InChI=1S/C27H29NO11.3H2O/c1-10-22(31)13(28)6-17(38-10)39-15-8-27(36,16(30)9-29)7-12-19(15)26(35)21-20(24(12)33)23(32)11-4-3-5-14(37-2)18(11)25(21)34;;;/h3-5,10,13,15,17,22,29,31,33,35-36H,6-9,28H2,1-2H3;3*1H2/t10-,13?,15?,17?,22?,27?;;;/m0.../s1. The minimum absolute atomic E-state index is 0. The summed E-state index contributed by atoms with van der Waals surface area (Å²) in [6.07, 6.45) is -5.12. The number of hydrogen-bond acceptors (Lipinski definition) is 12. The van der Waals surface area contributed by atoms with E-state index in [2.05, 4.69) is 0 Å². The number of aromatic hydroxyl groups is 2. The van der Waals surface area contributed by atoms with Gasteiger partial charge in [0.15, 0.2) is 17.9 Å². The lowest BCUT2D eigenvalue weighted by atomic mass is 9.72. The third kappa shape index (κ3) is 5.15. The summed E-state index contributed by atoms with van der Waals surface area (Å²) in [5, 5.41) is 53.7. The number of aliphatic hydroxyl groups is 3. The number of ketones is 3. The van der Waals surface area contributed by atoms with E-state index in [1.165, 1.54) is 25.3 Å². The molecule has 3 aliphatic rings. The number of fused-ring (bicyclic) bond motifs is 3. The van der Waals surface area contributed by atoms with E-state index in [9.17, 15) is 39.9 Å². The number of aliphatic hydroxyl groups excluding tert-OH is 2. The van der Waals surface area contributed by atoms with Gasteiger partial charge >= 0.3 is 0 Å². The Balaban J connectivity index is 0.00000205. The maximum absolute atomic E-state index is 13.6. The molecule has 0 radical (unpaired) electrons. The molecule has 13 N–H and O–H groups in total. The lowest BCUT2D eigenvalue weighted by Gasteiger charge is -2.42. The number of Topliss-reactive ketones (excluding diaryl/α,β-unsaturated/α-hetero) is 1. The summed E-state index contributed by atoms with van der Waals surface area (Å²) in [4.78, 5) is 39.7. The van der Waals surface area contributed by atoms with E-state index in [4.69, 9.17) is 19.9 Å². The van der Waals surface area contributed by atoms with E-state index in [1.807, 2.05) is 0 Å². The Labute approximate surface area is 239 Å².